The predicted octanol–water partition coefficient (Wildman–Crippen LogP) is 2.26. The van der Waals surface area contributed by atoms with Crippen molar-refractivity contribution in [3.8, 4) is 0 Å². The molecule has 2 rings (SSSR count). The summed E-state index contributed by atoms with van der Waals surface area (Å²) in [4.78, 5) is 22.5. The first-order valence-electron chi connectivity index (χ1n) is 4.60. The zero-order valence-corrected chi connectivity index (χ0v) is 9.89. The van der Waals surface area contributed by atoms with E-state index in [1.54, 1.807) is 12.1 Å². The SMILES string of the molecule is O=C(Nc1ccc(Cl)cc1Cl)c1cc(=O)[nH][nH]1. The molecule has 0 atom stereocenters. The number of hydrogen-bond donors (Lipinski definition) is 3. The topological polar surface area (TPSA) is 77.8 Å². The summed E-state index contributed by atoms with van der Waals surface area (Å²) in [6.07, 6.45) is 0. The fraction of sp³-hybridized carbons (Fsp3) is 0. The molecule has 5 nitrogen and oxygen atoms in total. The van der Waals surface area contributed by atoms with E-state index >= 15 is 0 Å². The molecular weight excluding hydrogens is 265 g/mol. The number of rotatable bonds is 2. The van der Waals surface area contributed by atoms with Gasteiger partial charge in [-0.1, -0.05) is 23.2 Å². The van der Waals surface area contributed by atoms with Gasteiger partial charge in [0.15, 0.2) is 0 Å². The standard InChI is InChI=1S/C10H7Cl2N3O2/c11-5-1-2-7(6(12)3-5)13-10(17)8-4-9(16)15-14-8/h1-4H,(H,13,17)(H2,14,15,16). The molecule has 88 valence electrons. The highest BCUT2D eigenvalue weighted by Gasteiger charge is 2.10. The summed E-state index contributed by atoms with van der Waals surface area (Å²) in [5, 5.41) is 8.05. The van der Waals surface area contributed by atoms with E-state index in [4.69, 9.17) is 23.2 Å². The van der Waals surface area contributed by atoms with Crippen molar-refractivity contribution in [3.63, 3.8) is 0 Å². The van der Waals surface area contributed by atoms with Crippen LogP contribution in [0, 0.1) is 0 Å². The Bertz CT molecular complexity index is 618. The Kier molecular flexibility index (Phi) is 3.21. The lowest BCUT2D eigenvalue weighted by Gasteiger charge is -2.05. The van der Waals surface area contributed by atoms with Crippen LogP contribution < -0.4 is 10.9 Å². The van der Waals surface area contributed by atoms with Gasteiger partial charge in [-0.05, 0) is 18.2 Å². The van der Waals surface area contributed by atoms with Gasteiger partial charge in [0.2, 0.25) is 0 Å². The number of hydrogen-bond acceptors (Lipinski definition) is 2. The number of amides is 1. The molecule has 0 saturated heterocycles. The van der Waals surface area contributed by atoms with Gasteiger partial charge in [0, 0.05) is 11.1 Å². The number of benzene rings is 1. The van der Waals surface area contributed by atoms with Gasteiger partial charge in [-0.15, -0.1) is 0 Å². The average molecular weight is 272 g/mol. The van der Waals surface area contributed by atoms with Crippen LogP contribution in [0.5, 0.6) is 0 Å². The molecule has 0 fully saturated rings. The third-order valence-corrected chi connectivity index (χ3v) is 2.57. The lowest BCUT2D eigenvalue weighted by atomic mass is 10.3. The predicted molar refractivity (Wildman–Crippen MR) is 65.8 cm³/mol. The first-order chi connectivity index (χ1) is 8.06. The van der Waals surface area contributed by atoms with Crippen LogP contribution in [-0.2, 0) is 0 Å². The zero-order valence-electron chi connectivity index (χ0n) is 8.38. The summed E-state index contributed by atoms with van der Waals surface area (Å²) in [5.74, 6) is -0.465. The van der Waals surface area contributed by atoms with Crippen molar-refractivity contribution in [2.75, 3.05) is 5.32 Å². The fourth-order valence-electron chi connectivity index (χ4n) is 1.24. The number of carbonyl (C=O) groups excluding carboxylic acids is 1. The van der Waals surface area contributed by atoms with Gasteiger partial charge < -0.3 is 5.32 Å². The van der Waals surface area contributed by atoms with Crippen LogP contribution in [0.15, 0.2) is 29.1 Å². The van der Waals surface area contributed by atoms with E-state index < -0.39 is 5.91 Å². The lowest BCUT2D eigenvalue weighted by molar-refractivity contribution is 0.102. The molecule has 0 radical (unpaired) electrons. The van der Waals surface area contributed by atoms with Crippen LogP contribution in [-0.4, -0.2) is 16.1 Å². The minimum absolute atomic E-state index is 0.126. The van der Waals surface area contributed by atoms with Gasteiger partial charge in [-0.3, -0.25) is 19.8 Å². The van der Waals surface area contributed by atoms with Crippen molar-refractivity contribution < 1.29 is 4.79 Å². The zero-order chi connectivity index (χ0) is 12.4. The summed E-state index contributed by atoms with van der Waals surface area (Å²) in [7, 11) is 0. The van der Waals surface area contributed by atoms with Crippen LogP contribution >= 0.6 is 23.2 Å². The molecule has 0 aliphatic rings. The molecule has 1 amide bonds. The third-order valence-electron chi connectivity index (χ3n) is 2.02. The van der Waals surface area contributed by atoms with Gasteiger partial charge in [-0.2, -0.15) is 0 Å². The van der Waals surface area contributed by atoms with E-state index in [0.717, 1.165) is 6.07 Å². The molecule has 0 unspecified atom stereocenters. The van der Waals surface area contributed by atoms with Crippen molar-refractivity contribution in [3.05, 3.63) is 50.4 Å². The second-order valence-corrected chi connectivity index (χ2v) is 4.09. The van der Waals surface area contributed by atoms with E-state index in [2.05, 4.69) is 15.5 Å². The maximum Gasteiger partial charge on any atom is 0.273 e. The summed E-state index contributed by atoms with van der Waals surface area (Å²) in [6.45, 7) is 0. The van der Waals surface area contributed by atoms with Crippen molar-refractivity contribution >= 4 is 34.8 Å². The average Bonchev–Trinajstić information content (AvgIpc) is 2.69. The molecule has 17 heavy (non-hydrogen) atoms. The highest BCUT2D eigenvalue weighted by atomic mass is 35.5. The van der Waals surface area contributed by atoms with Gasteiger partial charge in [0.1, 0.15) is 5.69 Å². The maximum atomic E-state index is 11.7. The number of H-pyrrole nitrogens is 2. The Morgan fingerprint density at radius 2 is 1.94 bits per heavy atom. The molecule has 0 aliphatic carbocycles. The maximum absolute atomic E-state index is 11.7. The van der Waals surface area contributed by atoms with Crippen LogP contribution in [0.4, 0.5) is 5.69 Å². The number of aromatic nitrogens is 2. The van der Waals surface area contributed by atoms with E-state index in [-0.39, 0.29) is 11.3 Å². The number of aromatic amines is 2. The lowest BCUT2D eigenvalue weighted by Crippen LogP contribution is -2.12. The van der Waals surface area contributed by atoms with E-state index in [9.17, 15) is 9.59 Å². The third kappa shape index (κ3) is 2.69. The van der Waals surface area contributed by atoms with E-state index in [0.29, 0.717) is 15.7 Å². The first kappa shape index (κ1) is 11.8. The normalized spacial score (nSPS) is 10.2. The van der Waals surface area contributed by atoms with Crippen LogP contribution in [0.25, 0.3) is 0 Å². The Morgan fingerprint density at radius 3 is 2.53 bits per heavy atom. The molecule has 0 aliphatic heterocycles. The van der Waals surface area contributed by atoms with Gasteiger partial charge in [-0.25, -0.2) is 0 Å². The number of carbonyl (C=O) groups is 1. The molecule has 1 heterocycles. The van der Waals surface area contributed by atoms with Crippen molar-refractivity contribution in [2.24, 2.45) is 0 Å². The van der Waals surface area contributed by atoms with Crippen LogP contribution in [0.3, 0.4) is 0 Å². The summed E-state index contributed by atoms with van der Waals surface area (Å²) in [5.41, 5.74) is 0.168. The van der Waals surface area contributed by atoms with Crippen LogP contribution in [0.1, 0.15) is 10.5 Å². The first-order valence-corrected chi connectivity index (χ1v) is 5.36. The van der Waals surface area contributed by atoms with E-state index in [1.807, 2.05) is 0 Å². The molecular formula is C10H7Cl2N3O2. The Hall–Kier alpha value is -1.72. The summed E-state index contributed by atoms with van der Waals surface area (Å²) < 4.78 is 0. The monoisotopic (exact) mass is 271 g/mol. The number of halogens is 2. The molecule has 1 aromatic heterocycles. The second-order valence-electron chi connectivity index (χ2n) is 3.25. The fourth-order valence-corrected chi connectivity index (χ4v) is 1.69. The van der Waals surface area contributed by atoms with Gasteiger partial charge in [0.25, 0.3) is 11.5 Å². The Morgan fingerprint density at radius 1 is 1.18 bits per heavy atom. The van der Waals surface area contributed by atoms with Gasteiger partial charge in [0.05, 0.1) is 10.7 Å². The van der Waals surface area contributed by atoms with Gasteiger partial charge >= 0.3 is 0 Å². The second kappa shape index (κ2) is 4.65. The Labute approximate surface area is 106 Å². The van der Waals surface area contributed by atoms with Crippen LogP contribution in [0.2, 0.25) is 10.0 Å². The quantitative estimate of drug-likeness (QED) is 0.784. The van der Waals surface area contributed by atoms with Crippen molar-refractivity contribution in [1.82, 2.24) is 10.2 Å². The largest absolute Gasteiger partial charge is 0.319 e. The molecule has 2 aromatic rings. The number of anilines is 1. The minimum atomic E-state index is -0.465. The summed E-state index contributed by atoms with van der Waals surface area (Å²) in [6, 6.07) is 5.84. The number of nitrogens with one attached hydrogen (secondary N) is 3. The molecule has 3 N–H and O–H groups in total. The van der Waals surface area contributed by atoms with E-state index in [1.165, 1.54) is 6.07 Å². The molecule has 0 bridgehead atoms. The highest BCUT2D eigenvalue weighted by Crippen LogP contribution is 2.25. The molecule has 0 saturated carbocycles. The minimum Gasteiger partial charge on any atom is -0.319 e. The van der Waals surface area contributed by atoms with Crippen molar-refractivity contribution in [1.29, 1.82) is 0 Å². The molecule has 1 aromatic carbocycles. The highest BCUT2D eigenvalue weighted by molar-refractivity contribution is 6.36. The summed E-state index contributed by atoms with van der Waals surface area (Å²) >= 11 is 11.6. The smallest absolute Gasteiger partial charge is 0.273 e. The Balaban J connectivity index is 2.21. The van der Waals surface area contributed by atoms with Crippen molar-refractivity contribution in [2.45, 2.75) is 0 Å². The molecule has 0 spiro atoms. The molecule has 7 heteroatoms.